The topological polar surface area (TPSA) is 94.0 Å². The zero-order valence-corrected chi connectivity index (χ0v) is 15.0. The van der Waals surface area contributed by atoms with Gasteiger partial charge in [0.1, 0.15) is 11.6 Å². The van der Waals surface area contributed by atoms with Crippen molar-refractivity contribution in [2.24, 2.45) is 0 Å². The van der Waals surface area contributed by atoms with Gasteiger partial charge in [0.25, 0.3) is 5.56 Å². The molecule has 28 heavy (non-hydrogen) atoms. The lowest BCUT2D eigenvalue weighted by atomic mass is 10.1. The van der Waals surface area contributed by atoms with E-state index in [0.717, 1.165) is 16.8 Å². The summed E-state index contributed by atoms with van der Waals surface area (Å²) in [4.78, 5) is 16.2. The van der Waals surface area contributed by atoms with E-state index in [-0.39, 0.29) is 23.0 Å². The molecule has 2 aromatic heterocycles. The van der Waals surface area contributed by atoms with E-state index in [1.54, 1.807) is 0 Å². The van der Waals surface area contributed by atoms with Gasteiger partial charge in [0.05, 0.1) is 18.4 Å². The second-order valence-electron chi connectivity index (χ2n) is 5.90. The van der Waals surface area contributed by atoms with Crippen LogP contribution in [0, 0.1) is 0 Å². The summed E-state index contributed by atoms with van der Waals surface area (Å²) < 4.78 is 43.8. The summed E-state index contributed by atoms with van der Waals surface area (Å²) in [6.45, 7) is -0.506. The van der Waals surface area contributed by atoms with Crippen molar-refractivity contribution in [3.8, 4) is 0 Å². The van der Waals surface area contributed by atoms with Gasteiger partial charge in [-0.05, 0) is 24.1 Å². The van der Waals surface area contributed by atoms with Crippen molar-refractivity contribution < 1.29 is 22.8 Å². The van der Waals surface area contributed by atoms with Crippen molar-refractivity contribution in [1.29, 1.82) is 0 Å². The van der Waals surface area contributed by atoms with Gasteiger partial charge in [0.15, 0.2) is 5.82 Å². The quantitative estimate of drug-likeness (QED) is 0.666. The van der Waals surface area contributed by atoms with Crippen LogP contribution in [0.1, 0.15) is 28.4 Å². The lowest BCUT2D eigenvalue weighted by Gasteiger charge is -2.06. The van der Waals surface area contributed by atoms with Gasteiger partial charge in [-0.1, -0.05) is 28.9 Å². The molecule has 1 N–H and O–H groups in total. The molecule has 0 atom stereocenters. The number of aliphatic hydroxyl groups excluding tert-OH is 1. The number of benzene rings is 1. The van der Waals surface area contributed by atoms with Crippen molar-refractivity contribution in [2.45, 2.75) is 32.2 Å². The van der Waals surface area contributed by atoms with Crippen LogP contribution in [-0.4, -0.2) is 25.0 Å². The Morgan fingerprint density at radius 3 is 2.54 bits per heavy atom. The van der Waals surface area contributed by atoms with Gasteiger partial charge in [-0.2, -0.15) is 23.3 Å². The fraction of sp³-hybridized carbons (Fsp3) is 0.294. The number of rotatable bonds is 6. The molecule has 7 nitrogen and oxygen atoms in total. The number of aromatic nitrogens is 4. The Kier molecular flexibility index (Phi) is 5.80. The summed E-state index contributed by atoms with van der Waals surface area (Å²) in [5.41, 5.74) is -0.395. The smallest absolute Gasteiger partial charge is 0.392 e. The maximum Gasteiger partial charge on any atom is 0.416 e. The van der Waals surface area contributed by atoms with Gasteiger partial charge in [0.2, 0.25) is 5.89 Å². The zero-order chi connectivity index (χ0) is 20.3. The van der Waals surface area contributed by atoms with Crippen LogP contribution < -0.4 is 5.56 Å². The molecule has 0 aliphatic rings. The summed E-state index contributed by atoms with van der Waals surface area (Å²) >= 11 is 5.86. The minimum atomic E-state index is -4.37. The molecule has 11 heteroatoms. The van der Waals surface area contributed by atoms with Gasteiger partial charge in [-0.25, -0.2) is 4.68 Å². The first-order valence-corrected chi connectivity index (χ1v) is 8.48. The molecule has 0 unspecified atom stereocenters. The molecule has 0 aliphatic heterocycles. The van der Waals surface area contributed by atoms with E-state index in [0.29, 0.717) is 24.2 Å². The van der Waals surface area contributed by atoms with E-state index < -0.39 is 23.9 Å². The monoisotopic (exact) mass is 414 g/mol. The van der Waals surface area contributed by atoms with Crippen LogP contribution in [0.2, 0.25) is 5.02 Å². The lowest BCUT2D eigenvalue weighted by Crippen LogP contribution is -2.25. The Hall–Kier alpha value is -2.72. The first-order chi connectivity index (χ1) is 13.3. The maximum absolute atomic E-state index is 12.6. The summed E-state index contributed by atoms with van der Waals surface area (Å²) in [7, 11) is 0. The minimum absolute atomic E-state index is 0.0997. The van der Waals surface area contributed by atoms with Crippen molar-refractivity contribution in [1.82, 2.24) is 19.9 Å². The number of alkyl halides is 3. The molecule has 0 aliphatic carbocycles. The van der Waals surface area contributed by atoms with Crippen LogP contribution in [0.5, 0.6) is 0 Å². The molecule has 2 heterocycles. The lowest BCUT2D eigenvalue weighted by molar-refractivity contribution is -0.137. The van der Waals surface area contributed by atoms with Gasteiger partial charge in [-0.3, -0.25) is 4.79 Å². The third-order valence-corrected chi connectivity index (χ3v) is 4.35. The van der Waals surface area contributed by atoms with E-state index in [1.165, 1.54) is 18.3 Å². The standard InChI is InChI=1S/C17H14ClF3N4O3/c18-15-11(9-26)7-22-25(16(15)27)8-14-23-13(24-28-14)6-3-10-1-4-12(5-2-10)17(19,20)21/h1-2,4-5,7,26H,3,6,8-9H2. The molecule has 148 valence electrons. The van der Waals surface area contributed by atoms with E-state index >= 15 is 0 Å². The number of aryl methyl sites for hydroxylation is 2. The number of halogens is 4. The molecule has 0 amide bonds. The largest absolute Gasteiger partial charge is 0.416 e. The van der Waals surface area contributed by atoms with Crippen LogP contribution in [0.25, 0.3) is 0 Å². The average Bonchev–Trinajstić information content (AvgIpc) is 3.11. The SMILES string of the molecule is O=c1c(Cl)c(CO)cnn1Cc1nc(CCc2ccc(C(F)(F)F)cc2)no1. The molecule has 0 radical (unpaired) electrons. The van der Waals surface area contributed by atoms with Crippen LogP contribution >= 0.6 is 11.6 Å². The molecule has 3 rings (SSSR count). The highest BCUT2D eigenvalue weighted by atomic mass is 35.5. The third-order valence-electron chi connectivity index (χ3n) is 3.94. The summed E-state index contributed by atoms with van der Waals surface area (Å²) in [6.07, 6.45) is -2.33. The molecule has 0 fully saturated rings. The minimum Gasteiger partial charge on any atom is -0.392 e. The average molecular weight is 415 g/mol. The van der Waals surface area contributed by atoms with Gasteiger partial charge in [0, 0.05) is 12.0 Å². The Morgan fingerprint density at radius 1 is 1.18 bits per heavy atom. The molecule has 3 aromatic rings. The second-order valence-corrected chi connectivity index (χ2v) is 6.28. The molecule has 0 bridgehead atoms. The number of aliphatic hydroxyl groups is 1. The summed E-state index contributed by atoms with van der Waals surface area (Å²) in [6, 6.07) is 4.85. The van der Waals surface area contributed by atoms with E-state index in [2.05, 4.69) is 15.2 Å². The van der Waals surface area contributed by atoms with Crippen LogP contribution in [0.4, 0.5) is 13.2 Å². The predicted molar refractivity (Wildman–Crippen MR) is 91.7 cm³/mol. The van der Waals surface area contributed by atoms with Crippen LogP contribution in [0.3, 0.4) is 0 Å². The maximum atomic E-state index is 12.6. The van der Waals surface area contributed by atoms with E-state index in [1.807, 2.05) is 0 Å². The highest BCUT2D eigenvalue weighted by molar-refractivity contribution is 6.31. The summed E-state index contributed by atoms with van der Waals surface area (Å²) in [5.74, 6) is 0.478. The Morgan fingerprint density at radius 2 is 1.89 bits per heavy atom. The molecule has 1 aromatic carbocycles. The highest BCUT2D eigenvalue weighted by Gasteiger charge is 2.29. The van der Waals surface area contributed by atoms with Crippen LogP contribution in [-0.2, 0) is 32.2 Å². The highest BCUT2D eigenvalue weighted by Crippen LogP contribution is 2.29. The predicted octanol–water partition coefficient (Wildman–Crippen LogP) is 2.62. The number of hydrogen-bond donors (Lipinski definition) is 1. The van der Waals surface area contributed by atoms with Crippen molar-refractivity contribution in [2.75, 3.05) is 0 Å². The molecule has 0 saturated heterocycles. The molecule has 0 spiro atoms. The Labute approximate surface area is 161 Å². The Bertz CT molecular complexity index is 1020. The zero-order valence-electron chi connectivity index (χ0n) is 14.3. The molecular formula is C17H14ClF3N4O3. The molecule has 0 saturated carbocycles. The number of hydrogen-bond acceptors (Lipinski definition) is 6. The second kappa shape index (κ2) is 8.11. The fourth-order valence-electron chi connectivity index (χ4n) is 2.42. The third kappa shape index (κ3) is 4.57. The van der Waals surface area contributed by atoms with Gasteiger partial charge < -0.3 is 9.63 Å². The normalized spacial score (nSPS) is 11.8. The van der Waals surface area contributed by atoms with Crippen molar-refractivity contribution in [3.05, 3.63) is 74.2 Å². The Balaban J connectivity index is 1.63. The van der Waals surface area contributed by atoms with E-state index in [4.69, 9.17) is 21.2 Å². The van der Waals surface area contributed by atoms with Crippen LogP contribution in [0.15, 0.2) is 39.8 Å². The van der Waals surface area contributed by atoms with Gasteiger partial charge in [-0.15, -0.1) is 0 Å². The van der Waals surface area contributed by atoms with Crippen molar-refractivity contribution in [3.63, 3.8) is 0 Å². The first-order valence-electron chi connectivity index (χ1n) is 8.11. The van der Waals surface area contributed by atoms with Crippen molar-refractivity contribution >= 4 is 11.6 Å². The first kappa shape index (κ1) is 20.0. The van der Waals surface area contributed by atoms with E-state index in [9.17, 15) is 18.0 Å². The molecular weight excluding hydrogens is 401 g/mol. The van der Waals surface area contributed by atoms with Gasteiger partial charge >= 0.3 is 6.18 Å². The fourth-order valence-corrected chi connectivity index (χ4v) is 2.63. The number of nitrogens with zero attached hydrogens (tertiary/aromatic N) is 4. The summed E-state index contributed by atoms with van der Waals surface area (Å²) in [5, 5.41) is 16.6.